The fraction of sp³-hybridized carbons (Fsp3) is 0.455. The van der Waals surface area contributed by atoms with Crippen molar-refractivity contribution in [1.29, 1.82) is 0 Å². The molecule has 0 radical (unpaired) electrons. The van der Waals surface area contributed by atoms with Crippen molar-refractivity contribution < 1.29 is 4.79 Å². The third-order valence-electron chi connectivity index (χ3n) is 3.62. The Morgan fingerprint density at radius 2 is 2.15 bits per heavy atom. The molecule has 9 nitrogen and oxygen atoms in total. The van der Waals surface area contributed by atoms with Crippen LogP contribution in [0.15, 0.2) is 6.20 Å². The molecule has 0 atom stereocenters. The zero-order chi connectivity index (χ0) is 14.1. The quantitative estimate of drug-likeness (QED) is 0.431. The number of hydrazine groups is 1. The lowest BCUT2D eigenvalue weighted by molar-refractivity contribution is -0.122. The van der Waals surface area contributed by atoms with E-state index >= 15 is 0 Å². The number of fused-ring (bicyclic) bond motifs is 1. The summed E-state index contributed by atoms with van der Waals surface area (Å²) in [4.78, 5) is 21.9. The van der Waals surface area contributed by atoms with Gasteiger partial charge in [0.25, 0.3) is 0 Å². The monoisotopic (exact) mass is 276 g/mol. The highest BCUT2D eigenvalue weighted by atomic mass is 16.1. The number of piperidine rings is 1. The fourth-order valence-electron chi connectivity index (χ4n) is 2.50. The average molecular weight is 276 g/mol. The van der Waals surface area contributed by atoms with Gasteiger partial charge in [0.05, 0.1) is 11.6 Å². The van der Waals surface area contributed by atoms with Crippen LogP contribution in [-0.2, 0) is 4.79 Å². The summed E-state index contributed by atoms with van der Waals surface area (Å²) in [5.74, 6) is 6.19. The van der Waals surface area contributed by atoms with Gasteiger partial charge in [0, 0.05) is 19.0 Å². The van der Waals surface area contributed by atoms with Gasteiger partial charge in [0.2, 0.25) is 11.9 Å². The van der Waals surface area contributed by atoms with Crippen LogP contribution >= 0.6 is 0 Å². The second kappa shape index (κ2) is 4.93. The summed E-state index contributed by atoms with van der Waals surface area (Å²) in [6.07, 6.45) is 3.14. The summed E-state index contributed by atoms with van der Waals surface area (Å²) in [6, 6.07) is 0. The first-order valence-electron chi connectivity index (χ1n) is 6.41. The van der Waals surface area contributed by atoms with E-state index in [1.54, 1.807) is 6.20 Å². The summed E-state index contributed by atoms with van der Waals surface area (Å²) in [5, 5.41) is 7.62. The number of anilines is 2. The predicted molar refractivity (Wildman–Crippen MR) is 73.6 cm³/mol. The van der Waals surface area contributed by atoms with E-state index in [0.29, 0.717) is 11.6 Å². The van der Waals surface area contributed by atoms with Crippen molar-refractivity contribution in [3.8, 4) is 0 Å². The van der Waals surface area contributed by atoms with Crippen LogP contribution in [0.2, 0.25) is 0 Å². The first-order chi connectivity index (χ1) is 9.69. The maximum atomic E-state index is 11.2. The number of hydrogen-bond donors (Lipinski definition) is 4. The van der Waals surface area contributed by atoms with Crippen molar-refractivity contribution in [2.24, 2.45) is 17.5 Å². The third-order valence-corrected chi connectivity index (χ3v) is 3.62. The van der Waals surface area contributed by atoms with Crippen molar-refractivity contribution >= 4 is 28.7 Å². The minimum Gasteiger partial charge on any atom is -0.369 e. The number of hydrogen-bond acceptors (Lipinski definition) is 7. The number of nitrogen functional groups attached to an aromatic ring is 1. The summed E-state index contributed by atoms with van der Waals surface area (Å²) in [5.41, 5.74) is 8.42. The third kappa shape index (κ3) is 2.11. The number of carbonyl (C=O) groups is 1. The standard InChI is InChI=1S/C11H16N8O/c12-8(20)6-1-3-19(4-2-6)10-7-5-14-18-9(7)15-11(16-10)17-13/h5-6H,1-4,13H2,(H2,12,20)(H2,14,15,16,17,18). The van der Waals surface area contributed by atoms with E-state index in [4.69, 9.17) is 11.6 Å². The van der Waals surface area contributed by atoms with Gasteiger partial charge in [0.1, 0.15) is 5.82 Å². The van der Waals surface area contributed by atoms with Gasteiger partial charge >= 0.3 is 0 Å². The van der Waals surface area contributed by atoms with Crippen LogP contribution in [0, 0.1) is 5.92 Å². The highest BCUT2D eigenvalue weighted by Crippen LogP contribution is 2.27. The molecule has 0 unspecified atom stereocenters. The van der Waals surface area contributed by atoms with Crippen LogP contribution in [0.25, 0.3) is 11.0 Å². The van der Waals surface area contributed by atoms with E-state index < -0.39 is 0 Å². The van der Waals surface area contributed by atoms with Gasteiger partial charge in [0.15, 0.2) is 5.65 Å². The van der Waals surface area contributed by atoms with Crippen molar-refractivity contribution in [2.45, 2.75) is 12.8 Å². The Morgan fingerprint density at radius 1 is 1.40 bits per heavy atom. The molecule has 6 N–H and O–H groups in total. The number of primary amides is 1. The molecule has 3 rings (SSSR count). The van der Waals surface area contributed by atoms with Gasteiger partial charge in [-0.1, -0.05) is 0 Å². The van der Waals surface area contributed by atoms with Gasteiger partial charge in [-0.3, -0.25) is 15.3 Å². The minimum absolute atomic E-state index is 0.0555. The second-order valence-electron chi connectivity index (χ2n) is 4.81. The van der Waals surface area contributed by atoms with E-state index in [2.05, 4.69) is 30.5 Å². The molecule has 3 heterocycles. The first-order valence-corrected chi connectivity index (χ1v) is 6.41. The van der Waals surface area contributed by atoms with E-state index in [1.807, 2.05) is 0 Å². The summed E-state index contributed by atoms with van der Waals surface area (Å²) < 4.78 is 0. The van der Waals surface area contributed by atoms with Crippen molar-refractivity contribution in [1.82, 2.24) is 20.2 Å². The summed E-state index contributed by atoms with van der Waals surface area (Å²) >= 11 is 0. The second-order valence-corrected chi connectivity index (χ2v) is 4.81. The van der Waals surface area contributed by atoms with Gasteiger partial charge in [-0.05, 0) is 12.8 Å². The van der Waals surface area contributed by atoms with Gasteiger partial charge in [-0.25, -0.2) is 5.84 Å². The van der Waals surface area contributed by atoms with Crippen molar-refractivity contribution in [3.05, 3.63) is 6.20 Å². The number of carbonyl (C=O) groups excluding carboxylic acids is 1. The Kier molecular flexibility index (Phi) is 3.11. The molecule has 0 aliphatic carbocycles. The molecule has 2 aromatic heterocycles. The van der Waals surface area contributed by atoms with E-state index in [-0.39, 0.29) is 11.8 Å². The van der Waals surface area contributed by atoms with Crippen LogP contribution in [-0.4, -0.2) is 39.2 Å². The topological polar surface area (TPSA) is 139 Å². The Bertz CT molecular complexity index is 630. The smallest absolute Gasteiger partial charge is 0.241 e. The van der Waals surface area contributed by atoms with Crippen LogP contribution in [0.5, 0.6) is 0 Å². The molecular formula is C11H16N8O. The molecule has 0 aromatic carbocycles. The zero-order valence-electron chi connectivity index (χ0n) is 10.8. The molecule has 0 bridgehead atoms. The SMILES string of the molecule is NNc1nc(N2CCC(C(N)=O)CC2)c2cn[nH]c2n1. The normalized spacial score (nSPS) is 16.6. The van der Waals surface area contributed by atoms with Crippen LogP contribution in [0.4, 0.5) is 11.8 Å². The molecule has 1 aliphatic rings. The zero-order valence-corrected chi connectivity index (χ0v) is 10.8. The van der Waals surface area contributed by atoms with Crippen molar-refractivity contribution in [3.63, 3.8) is 0 Å². The van der Waals surface area contributed by atoms with Crippen LogP contribution in [0.1, 0.15) is 12.8 Å². The molecule has 9 heteroatoms. The number of amides is 1. The molecular weight excluding hydrogens is 260 g/mol. The number of nitrogens with zero attached hydrogens (tertiary/aromatic N) is 4. The lowest BCUT2D eigenvalue weighted by atomic mass is 9.96. The molecule has 0 spiro atoms. The molecule has 1 saturated heterocycles. The highest BCUT2D eigenvalue weighted by Gasteiger charge is 2.25. The average Bonchev–Trinajstić information content (AvgIpc) is 2.94. The Labute approximate surface area is 114 Å². The van der Waals surface area contributed by atoms with Crippen LogP contribution in [0.3, 0.4) is 0 Å². The molecule has 0 saturated carbocycles. The lowest BCUT2D eigenvalue weighted by Crippen LogP contribution is -2.39. The molecule has 1 amide bonds. The van der Waals surface area contributed by atoms with Gasteiger partial charge in [-0.15, -0.1) is 0 Å². The maximum absolute atomic E-state index is 11.2. The fourth-order valence-corrected chi connectivity index (χ4v) is 2.50. The Morgan fingerprint density at radius 3 is 2.80 bits per heavy atom. The van der Waals surface area contributed by atoms with E-state index in [0.717, 1.165) is 37.1 Å². The van der Waals surface area contributed by atoms with E-state index in [9.17, 15) is 4.79 Å². The molecule has 20 heavy (non-hydrogen) atoms. The highest BCUT2D eigenvalue weighted by molar-refractivity contribution is 5.87. The largest absolute Gasteiger partial charge is 0.369 e. The van der Waals surface area contributed by atoms with Crippen LogP contribution < -0.4 is 21.9 Å². The molecule has 2 aromatic rings. The number of aromatic nitrogens is 4. The van der Waals surface area contributed by atoms with E-state index in [1.165, 1.54) is 0 Å². The predicted octanol–water partition coefficient (Wildman–Crippen LogP) is -0.660. The summed E-state index contributed by atoms with van der Waals surface area (Å²) in [6.45, 7) is 1.43. The number of nitrogens with one attached hydrogen (secondary N) is 2. The first kappa shape index (κ1) is 12.6. The minimum atomic E-state index is -0.231. The lowest BCUT2D eigenvalue weighted by Gasteiger charge is -2.31. The summed E-state index contributed by atoms with van der Waals surface area (Å²) in [7, 11) is 0. The number of rotatable bonds is 3. The number of aromatic amines is 1. The maximum Gasteiger partial charge on any atom is 0.241 e. The number of H-pyrrole nitrogens is 1. The van der Waals surface area contributed by atoms with Gasteiger partial charge in [-0.2, -0.15) is 15.1 Å². The molecule has 106 valence electrons. The van der Waals surface area contributed by atoms with Crippen molar-refractivity contribution in [2.75, 3.05) is 23.4 Å². The Balaban J connectivity index is 1.90. The van der Waals surface area contributed by atoms with Gasteiger partial charge < -0.3 is 10.6 Å². The molecule has 1 fully saturated rings. The molecule has 1 aliphatic heterocycles. The number of nitrogens with two attached hydrogens (primary N) is 2. The Hall–Kier alpha value is -2.42.